The molecule has 1 saturated carbocycles. The lowest BCUT2D eigenvalue weighted by Gasteiger charge is -2.50. The van der Waals surface area contributed by atoms with Crippen LogP contribution in [0, 0.1) is 0 Å². The van der Waals surface area contributed by atoms with Gasteiger partial charge in [0, 0.05) is 41.5 Å². The zero-order chi connectivity index (χ0) is 78.8. The number of phosphoric acid groups is 3. The van der Waals surface area contributed by atoms with E-state index in [4.69, 9.17) is 83.3 Å². The number of carbonyl (C=O) groups excluding carboxylic acids is 6. The number of phosphoric ester groups is 3. The zero-order valence-electron chi connectivity index (χ0n) is 61.2. The summed E-state index contributed by atoms with van der Waals surface area (Å²) in [4.78, 5) is 72.3. The Bertz CT molecular complexity index is 4470. The quantitative estimate of drug-likeness (QED) is 0.0196. The number of esters is 6. The lowest BCUT2D eigenvalue weighted by atomic mass is 9.84. The van der Waals surface area contributed by atoms with Crippen molar-refractivity contribution in [2.24, 2.45) is 0 Å². The van der Waals surface area contributed by atoms with E-state index in [0.717, 1.165) is 0 Å². The molecule has 0 aromatic heterocycles. The number of hydrogen-bond donors (Lipinski definition) is 0. The van der Waals surface area contributed by atoms with Crippen molar-refractivity contribution in [1.29, 1.82) is 0 Å². The van der Waals surface area contributed by atoms with Crippen molar-refractivity contribution in [3.63, 3.8) is 0 Å². The summed E-state index contributed by atoms with van der Waals surface area (Å²) in [6.07, 6.45) is -11.6. The van der Waals surface area contributed by atoms with E-state index in [-0.39, 0.29) is 54.3 Å². The van der Waals surface area contributed by atoms with Gasteiger partial charge in [0.15, 0.2) is 0 Å². The molecule has 10 rings (SSSR count). The molecule has 27 nitrogen and oxygen atoms in total. The molecule has 9 aromatic rings. The van der Waals surface area contributed by atoms with Gasteiger partial charge in [-0.15, -0.1) is 0 Å². The Balaban J connectivity index is 1.20. The second-order valence-electron chi connectivity index (χ2n) is 24.9. The predicted octanol–water partition coefficient (Wildman–Crippen LogP) is 16.1. The number of ether oxygens (including phenoxy) is 9. The molecule has 0 radical (unpaired) electrons. The molecule has 1 aliphatic carbocycles. The molecule has 0 saturated heterocycles. The van der Waals surface area contributed by atoms with Crippen LogP contribution in [0.4, 0.5) is 0 Å². The number of benzene rings is 9. The summed E-state index contributed by atoms with van der Waals surface area (Å²) in [6, 6.07) is 62.6. The Morgan fingerprint density at radius 3 is 0.541 bits per heavy atom. The Labute approximate surface area is 640 Å². The molecular formula is C81H81O27P3. The van der Waals surface area contributed by atoms with E-state index in [1.165, 1.54) is 163 Å². The van der Waals surface area contributed by atoms with Gasteiger partial charge in [-0.3, -0.25) is 69.5 Å². The minimum absolute atomic E-state index is 0.169. The van der Waals surface area contributed by atoms with E-state index in [1.54, 1.807) is 115 Å². The van der Waals surface area contributed by atoms with Crippen molar-refractivity contribution in [2.75, 3.05) is 0 Å². The van der Waals surface area contributed by atoms with Gasteiger partial charge in [0.25, 0.3) is 0 Å². The van der Waals surface area contributed by atoms with Gasteiger partial charge < -0.3 is 42.6 Å². The maximum Gasteiger partial charge on any atom is 0.475 e. The molecule has 0 heterocycles. The van der Waals surface area contributed by atoms with E-state index in [2.05, 4.69) is 0 Å². The molecule has 0 N–H and O–H groups in total. The summed E-state index contributed by atoms with van der Waals surface area (Å²) in [5, 5.41) is 0. The third kappa shape index (κ3) is 27.2. The monoisotopic (exact) mass is 1580 g/mol. The Morgan fingerprint density at radius 2 is 0.369 bits per heavy atom. The fourth-order valence-electron chi connectivity index (χ4n) is 10.9. The molecule has 0 unspecified atom stereocenters. The topological polar surface area (TPSA) is 320 Å². The molecule has 6 atom stereocenters. The van der Waals surface area contributed by atoms with Crippen LogP contribution in [0.1, 0.15) is 91.6 Å². The summed E-state index contributed by atoms with van der Waals surface area (Å²) in [7, 11) is -16.0. The lowest BCUT2D eigenvalue weighted by molar-refractivity contribution is -0.255. The van der Waals surface area contributed by atoms with E-state index < -0.39 is 136 Å². The Morgan fingerprint density at radius 1 is 0.216 bits per heavy atom. The van der Waals surface area contributed by atoms with E-state index >= 15 is 13.7 Å². The summed E-state index contributed by atoms with van der Waals surface area (Å²) in [5.41, 5.74) is 3.75. The van der Waals surface area contributed by atoms with Gasteiger partial charge in [-0.2, -0.15) is 0 Å². The van der Waals surface area contributed by atoms with Crippen LogP contribution in [-0.2, 0) is 157 Å². The summed E-state index contributed by atoms with van der Waals surface area (Å²) in [6.45, 7) is 3.18. The van der Waals surface area contributed by atoms with Crippen LogP contribution in [0.15, 0.2) is 237 Å². The summed E-state index contributed by atoms with van der Waals surface area (Å²) >= 11 is 0. The molecule has 0 aliphatic heterocycles. The SMILES string of the molecule is CC(=O)Oc1ccc(COP(=O)(OCc2ccc(OC(C)=O)cc2)O[C@@H]2[C@@H](OCc3ccccc3)[C@H](OCc3ccccc3)[C@@H](OP(=O)(OCc3ccc(OC(C)=O)cc3)OCc3ccc(OC(C)=O)cc3)[C@@H](OP(=O)(OCc3ccc(OC(C)=O)cc3)OCc3ccc(OC(C)=O)cc3)[C@H]2OCc2ccccc2)cc1. The van der Waals surface area contributed by atoms with Crippen LogP contribution < -0.4 is 28.4 Å². The molecule has 1 fully saturated rings. The standard InChI is InChI=1S/C81H81O27P3/c1-55(82)100-70-34-22-64(23-35-70)49-94-109(88,95-50-65-24-36-71(37-25-65)101-56(2)83)106-79-76(91-46-61-16-10-7-11-17-61)77(92-47-62-18-12-8-13-19-62)80(107-110(89,96-51-66-26-38-72(39-27-66)102-57(3)84)97-52-67-28-40-73(41-29-67)103-58(4)85)81(78(79)93-48-63-20-14-9-15-21-63)108-111(90,98-53-68-30-42-74(43-31-68)104-59(5)86)99-54-69-32-44-75(45-33-69)105-60(6)87/h7-45,76-81H,46-54H2,1-6H3/t76-,77-,78-,79+,80+,81-/m0/s1. The van der Waals surface area contributed by atoms with Crippen molar-refractivity contribution in [3.05, 3.63) is 287 Å². The first-order chi connectivity index (χ1) is 53.4. The molecule has 111 heavy (non-hydrogen) atoms. The first-order valence-corrected chi connectivity index (χ1v) is 39.1. The van der Waals surface area contributed by atoms with Crippen molar-refractivity contribution >= 4 is 59.3 Å². The average molecular weight is 1580 g/mol. The van der Waals surface area contributed by atoms with Crippen LogP contribution in [0.25, 0.3) is 0 Å². The Hall–Kier alpha value is -9.99. The highest BCUT2D eigenvalue weighted by atomic mass is 31.2. The number of hydrogen-bond acceptors (Lipinski definition) is 27. The highest BCUT2D eigenvalue weighted by Crippen LogP contribution is 2.61. The zero-order valence-corrected chi connectivity index (χ0v) is 63.9. The minimum atomic E-state index is -5.40. The maximum atomic E-state index is 16.8. The maximum absolute atomic E-state index is 16.8. The normalized spacial score (nSPS) is 16.4. The molecule has 0 amide bonds. The van der Waals surface area contributed by atoms with Gasteiger partial charge in [-0.05, 0) is 123 Å². The second-order valence-corrected chi connectivity index (χ2v) is 29.8. The fourth-order valence-corrected chi connectivity index (χ4v) is 15.0. The molecule has 30 heteroatoms. The number of carbonyl (C=O) groups is 6. The lowest BCUT2D eigenvalue weighted by Crippen LogP contribution is -2.67. The van der Waals surface area contributed by atoms with Crippen LogP contribution in [0.3, 0.4) is 0 Å². The third-order valence-corrected chi connectivity index (χ3v) is 20.2. The first kappa shape index (κ1) is 83.5. The van der Waals surface area contributed by atoms with Crippen molar-refractivity contribution in [2.45, 2.75) is 138 Å². The van der Waals surface area contributed by atoms with Gasteiger partial charge in [-0.1, -0.05) is 164 Å². The van der Waals surface area contributed by atoms with Crippen molar-refractivity contribution < 1.29 is 126 Å². The highest BCUT2D eigenvalue weighted by molar-refractivity contribution is 7.49. The van der Waals surface area contributed by atoms with Gasteiger partial charge in [-0.25, -0.2) is 13.7 Å². The van der Waals surface area contributed by atoms with Gasteiger partial charge in [0.2, 0.25) is 0 Å². The van der Waals surface area contributed by atoms with Gasteiger partial charge in [0.05, 0.1) is 59.5 Å². The predicted molar refractivity (Wildman–Crippen MR) is 398 cm³/mol. The molecular weight excluding hydrogens is 1500 g/mol. The van der Waals surface area contributed by atoms with E-state index in [1.807, 2.05) is 0 Å². The molecule has 9 aromatic carbocycles. The molecule has 1 aliphatic rings. The molecule has 0 spiro atoms. The molecule has 582 valence electrons. The van der Waals surface area contributed by atoms with Gasteiger partial charge in [0.1, 0.15) is 71.1 Å². The third-order valence-electron chi connectivity index (χ3n) is 16.0. The van der Waals surface area contributed by atoms with Crippen LogP contribution >= 0.6 is 23.5 Å². The van der Waals surface area contributed by atoms with Crippen LogP contribution in [-0.4, -0.2) is 72.4 Å². The van der Waals surface area contributed by atoms with Crippen molar-refractivity contribution in [3.8, 4) is 34.5 Å². The second kappa shape index (κ2) is 40.8. The number of rotatable bonds is 39. The summed E-state index contributed by atoms with van der Waals surface area (Å²) < 4.78 is 163. The largest absolute Gasteiger partial charge is 0.475 e. The highest BCUT2D eigenvalue weighted by Gasteiger charge is 2.61. The minimum Gasteiger partial charge on any atom is -0.427 e. The van der Waals surface area contributed by atoms with Crippen molar-refractivity contribution in [1.82, 2.24) is 0 Å². The Kier molecular flexibility index (Phi) is 30.7. The van der Waals surface area contributed by atoms with Crippen LogP contribution in [0.5, 0.6) is 34.5 Å². The van der Waals surface area contributed by atoms with Gasteiger partial charge >= 0.3 is 59.3 Å². The van der Waals surface area contributed by atoms with E-state index in [9.17, 15) is 28.8 Å². The summed E-state index contributed by atoms with van der Waals surface area (Å²) in [5.74, 6) is -2.48. The first-order valence-electron chi connectivity index (χ1n) is 34.7. The smallest absolute Gasteiger partial charge is 0.427 e. The average Bonchev–Trinajstić information content (AvgIpc) is 0.744. The molecule has 0 bridgehead atoms. The van der Waals surface area contributed by atoms with Crippen LogP contribution in [0.2, 0.25) is 0 Å². The van der Waals surface area contributed by atoms with E-state index in [0.29, 0.717) is 50.1 Å². The fraction of sp³-hybridized carbons (Fsp3) is 0.259.